The van der Waals surface area contributed by atoms with Crippen molar-refractivity contribution in [2.45, 2.75) is 25.0 Å². The molecule has 66 valence electrons. The van der Waals surface area contributed by atoms with Crippen molar-refractivity contribution >= 4 is 15.9 Å². The molecule has 0 amide bonds. The molecular weight excluding hydrogens is 216 g/mol. The SMILES string of the molecule is CCC(Br)OCc1ccccc1. The maximum absolute atomic E-state index is 5.49. The lowest BCUT2D eigenvalue weighted by Crippen LogP contribution is -2.02. The lowest BCUT2D eigenvalue weighted by Gasteiger charge is -2.08. The first-order valence-corrected chi connectivity index (χ1v) is 5.04. The Balaban J connectivity index is 2.33. The molecular formula is C10H13BrO. The second-order valence-electron chi connectivity index (χ2n) is 2.61. The summed E-state index contributed by atoms with van der Waals surface area (Å²) in [6.45, 7) is 2.77. The molecule has 1 unspecified atom stereocenters. The van der Waals surface area contributed by atoms with Crippen LogP contribution in [0.15, 0.2) is 30.3 Å². The van der Waals surface area contributed by atoms with Crippen molar-refractivity contribution in [3.8, 4) is 0 Å². The fourth-order valence-electron chi connectivity index (χ4n) is 0.879. The largest absolute Gasteiger partial charge is 0.362 e. The van der Waals surface area contributed by atoms with Crippen molar-refractivity contribution in [2.75, 3.05) is 0 Å². The van der Waals surface area contributed by atoms with Gasteiger partial charge in [0.1, 0.15) is 5.01 Å². The first-order valence-electron chi connectivity index (χ1n) is 4.12. The molecule has 0 spiro atoms. The minimum atomic E-state index is 0.178. The van der Waals surface area contributed by atoms with E-state index in [1.54, 1.807) is 0 Å². The smallest absolute Gasteiger partial charge is 0.112 e. The minimum absolute atomic E-state index is 0.178. The Morgan fingerprint density at radius 3 is 2.58 bits per heavy atom. The summed E-state index contributed by atoms with van der Waals surface area (Å²) in [6.07, 6.45) is 0.993. The molecule has 1 nitrogen and oxygen atoms in total. The Kier molecular flexibility index (Phi) is 4.33. The molecule has 0 heterocycles. The van der Waals surface area contributed by atoms with Gasteiger partial charge >= 0.3 is 0 Å². The molecule has 1 atom stereocenters. The first-order chi connectivity index (χ1) is 5.83. The van der Waals surface area contributed by atoms with Crippen LogP contribution in [0, 0.1) is 0 Å². The van der Waals surface area contributed by atoms with Gasteiger partial charge in [-0.15, -0.1) is 0 Å². The number of benzene rings is 1. The molecule has 2 heteroatoms. The maximum Gasteiger partial charge on any atom is 0.112 e. The molecule has 0 aromatic heterocycles. The molecule has 0 radical (unpaired) electrons. The summed E-state index contributed by atoms with van der Waals surface area (Å²) in [7, 11) is 0. The third kappa shape index (κ3) is 3.37. The van der Waals surface area contributed by atoms with E-state index in [0.29, 0.717) is 6.61 Å². The Bertz CT molecular complexity index is 210. The monoisotopic (exact) mass is 228 g/mol. The predicted molar refractivity (Wildman–Crippen MR) is 54.2 cm³/mol. The summed E-state index contributed by atoms with van der Waals surface area (Å²) >= 11 is 3.41. The van der Waals surface area contributed by atoms with Crippen molar-refractivity contribution in [3.05, 3.63) is 35.9 Å². The molecule has 0 fully saturated rings. The zero-order chi connectivity index (χ0) is 8.81. The summed E-state index contributed by atoms with van der Waals surface area (Å²) in [6, 6.07) is 10.2. The summed E-state index contributed by atoms with van der Waals surface area (Å²) in [4.78, 5) is 0. The molecule has 1 aromatic rings. The lowest BCUT2D eigenvalue weighted by molar-refractivity contribution is 0.101. The highest BCUT2D eigenvalue weighted by atomic mass is 79.9. The second-order valence-corrected chi connectivity index (χ2v) is 3.64. The second kappa shape index (κ2) is 5.33. The van der Waals surface area contributed by atoms with Crippen LogP contribution in [0.5, 0.6) is 0 Å². The van der Waals surface area contributed by atoms with Gasteiger partial charge in [0.25, 0.3) is 0 Å². The highest BCUT2D eigenvalue weighted by Crippen LogP contribution is 2.09. The fourth-order valence-corrected chi connectivity index (χ4v) is 1.01. The van der Waals surface area contributed by atoms with Gasteiger partial charge in [-0.1, -0.05) is 53.2 Å². The van der Waals surface area contributed by atoms with Crippen LogP contribution >= 0.6 is 15.9 Å². The van der Waals surface area contributed by atoms with E-state index in [1.807, 2.05) is 18.2 Å². The molecule has 1 rings (SSSR count). The van der Waals surface area contributed by atoms with Gasteiger partial charge in [-0.3, -0.25) is 0 Å². The van der Waals surface area contributed by atoms with Gasteiger partial charge < -0.3 is 4.74 Å². The van der Waals surface area contributed by atoms with E-state index < -0.39 is 0 Å². The summed E-state index contributed by atoms with van der Waals surface area (Å²) in [5.41, 5.74) is 1.22. The number of hydrogen-bond acceptors (Lipinski definition) is 1. The third-order valence-electron chi connectivity index (χ3n) is 1.59. The molecule has 0 aliphatic carbocycles. The number of ether oxygens (including phenoxy) is 1. The summed E-state index contributed by atoms with van der Waals surface area (Å²) < 4.78 is 5.49. The van der Waals surface area contributed by atoms with E-state index in [-0.39, 0.29) is 5.01 Å². The van der Waals surface area contributed by atoms with Crippen LogP contribution in [-0.2, 0) is 11.3 Å². The third-order valence-corrected chi connectivity index (χ3v) is 2.51. The van der Waals surface area contributed by atoms with Crippen molar-refractivity contribution in [1.82, 2.24) is 0 Å². The fraction of sp³-hybridized carbons (Fsp3) is 0.400. The van der Waals surface area contributed by atoms with Crippen LogP contribution in [0.2, 0.25) is 0 Å². The molecule has 0 saturated heterocycles. The molecule has 0 N–H and O–H groups in total. The van der Waals surface area contributed by atoms with Crippen molar-refractivity contribution in [2.24, 2.45) is 0 Å². The average molecular weight is 229 g/mol. The van der Waals surface area contributed by atoms with Gasteiger partial charge in [0.05, 0.1) is 6.61 Å². The van der Waals surface area contributed by atoms with E-state index >= 15 is 0 Å². The summed E-state index contributed by atoms with van der Waals surface area (Å²) in [5, 5.41) is 0.178. The summed E-state index contributed by atoms with van der Waals surface area (Å²) in [5.74, 6) is 0. The van der Waals surface area contributed by atoms with Gasteiger partial charge in [-0.2, -0.15) is 0 Å². The molecule has 12 heavy (non-hydrogen) atoms. The topological polar surface area (TPSA) is 9.23 Å². The average Bonchev–Trinajstić information content (AvgIpc) is 2.16. The van der Waals surface area contributed by atoms with Crippen molar-refractivity contribution in [1.29, 1.82) is 0 Å². The normalized spacial score (nSPS) is 12.8. The van der Waals surface area contributed by atoms with Crippen LogP contribution in [0.1, 0.15) is 18.9 Å². The van der Waals surface area contributed by atoms with Gasteiger partial charge in [-0.05, 0) is 12.0 Å². The standard InChI is InChI=1S/C10H13BrO/c1-2-10(11)12-8-9-6-4-3-5-7-9/h3-7,10H,2,8H2,1H3. The van der Waals surface area contributed by atoms with Crippen LogP contribution < -0.4 is 0 Å². The van der Waals surface area contributed by atoms with E-state index in [9.17, 15) is 0 Å². The number of halogens is 1. The van der Waals surface area contributed by atoms with Crippen molar-refractivity contribution in [3.63, 3.8) is 0 Å². The van der Waals surface area contributed by atoms with Crippen molar-refractivity contribution < 1.29 is 4.74 Å². The highest BCUT2D eigenvalue weighted by Gasteiger charge is 1.99. The molecule has 0 saturated carbocycles. The molecule has 1 aromatic carbocycles. The first kappa shape index (κ1) is 9.75. The molecule has 0 aliphatic rings. The van der Waals surface area contributed by atoms with Gasteiger partial charge in [0.15, 0.2) is 0 Å². The van der Waals surface area contributed by atoms with E-state index in [1.165, 1.54) is 5.56 Å². The quantitative estimate of drug-likeness (QED) is 0.719. The molecule has 0 aliphatic heterocycles. The number of rotatable bonds is 4. The zero-order valence-corrected chi connectivity index (χ0v) is 8.75. The van der Waals surface area contributed by atoms with Gasteiger partial charge in [0.2, 0.25) is 0 Å². The lowest BCUT2D eigenvalue weighted by atomic mass is 10.2. The number of alkyl halides is 1. The predicted octanol–water partition coefficient (Wildman–Crippen LogP) is 3.33. The number of hydrogen-bond donors (Lipinski definition) is 0. The highest BCUT2D eigenvalue weighted by molar-refractivity contribution is 9.09. The van der Waals surface area contributed by atoms with Crippen LogP contribution in [0.3, 0.4) is 0 Å². The van der Waals surface area contributed by atoms with Crippen LogP contribution in [-0.4, -0.2) is 5.01 Å². The Hall–Kier alpha value is -0.340. The maximum atomic E-state index is 5.49. The van der Waals surface area contributed by atoms with E-state index in [0.717, 1.165) is 6.42 Å². The Labute approximate surface area is 81.9 Å². The van der Waals surface area contributed by atoms with Gasteiger partial charge in [-0.25, -0.2) is 0 Å². The van der Waals surface area contributed by atoms with Crippen LogP contribution in [0.4, 0.5) is 0 Å². The van der Waals surface area contributed by atoms with Gasteiger partial charge in [0, 0.05) is 0 Å². The van der Waals surface area contributed by atoms with E-state index in [2.05, 4.69) is 35.0 Å². The van der Waals surface area contributed by atoms with E-state index in [4.69, 9.17) is 4.74 Å². The molecule has 0 bridgehead atoms. The minimum Gasteiger partial charge on any atom is -0.362 e. The Morgan fingerprint density at radius 1 is 1.33 bits per heavy atom. The van der Waals surface area contributed by atoms with Crippen LogP contribution in [0.25, 0.3) is 0 Å². The Morgan fingerprint density at radius 2 is 2.00 bits per heavy atom. The zero-order valence-electron chi connectivity index (χ0n) is 7.16.